The Morgan fingerprint density at radius 1 is 1.00 bits per heavy atom. The number of nitrogens with one attached hydrogen (secondary N) is 1. The molecule has 0 bridgehead atoms. The van der Waals surface area contributed by atoms with Crippen LogP contribution in [-0.2, 0) is 9.53 Å². The molecule has 0 radical (unpaired) electrons. The Morgan fingerprint density at radius 3 is 2.57 bits per heavy atom. The number of hydrogen-bond acceptors (Lipinski definition) is 5. The van der Waals surface area contributed by atoms with Crippen molar-refractivity contribution in [3.8, 4) is 11.5 Å². The van der Waals surface area contributed by atoms with Crippen LogP contribution in [0.4, 0.5) is 5.69 Å². The summed E-state index contributed by atoms with van der Waals surface area (Å²) < 4.78 is 11.2. The minimum absolute atomic E-state index is 0.277. The van der Waals surface area contributed by atoms with Gasteiger partial charge in [-0.1, -0.05) is 36.4 Å². The monoisotopic (exact) mass is 400 g/mol. The molecule has 0 saturated heterocycles. The van der Waals surface area contributed by atoms with Crippen LogP contribution in [-0.4, -0.2) is 23.0 Å². The van der Waals surface area contributed by atoms with Crippen LogP contribution in [0.25, 0.3) is 22.6 Å². The highest BCUT2D eigenvalue weighted by Crippen LogP contribution is 2.27. The molecule has 4 rings (SSSR count). The number of benzene rings is 3. The van der Waals surface area contributed by atoms with E-state index < -0.39 is 18.0 Å². The Morgan fingerprint density at radius 2 is 1.77 bits per heavy atom. The van der Waals surface area contributed by atoms with Crippen molar-refractivity contribution >= 4 is 28.7 Å². The molecule has 4 aromatic rings. The molecule has 0 aliphatic carbocycles. The number of aromatic nitrogens is 1. The number of amides is 1. The van der Waals surface area contributed by atoms with Gasteiger partial charge in [-0.25, -0.2) is 9.78 Å². The van der Waals surface area contributed by atoms with Gasteiger partial charge in [-0.15, -0.1) is 0 Å². The summed E-state index contributed by atoms with van der Waals surface area (Å²) in [6.07, 6.45) is -0.977. The Bertz CT molecular complexity index is 1200. The number of oxazole rings is 1. The van der Waals surface area contributed by atoms with Gasteiger partial charge in [0.25, 0.3) is 5.91 Å². The molecule has 1 unspecified atom stereocenters. The van der Waals surface area contributed by atoms with Crippen LogP contribution in [0.15, 0.2) is 77.2 Å². The molecule has 1 N–H and O–H groups in total. The van der Waals surface area contributed by atoms with E-state index in [1.54, 1.807) is 30.3 Å². The van der Waals surface area contributed by atoms with E-state index in [1.807, 2.05) is 49.4 Å². The summed E-state index contributed by atoms with van der Waals surface area (Å²) in [7, 11) is 0. The van der Waals surface area contributed by atoms with Gasteiger partial charge in [0.1, 0.15) is 5.52 Å². The van der Waals surface area contributed by atoms with E-state index in [-0.39, 0.29) is 5.56 Å². The lowest BCUT2D eigenvalue weighted by Crippen LogP contribution is -2.30. The lowest BCUT2D eigenvalue weighted by Gasteiger charge is -2.14. The molecule has 30 heavy (non-hydrogen) atoms. The highest BCUT2D eigenvalue weighted by Gasteiger charge is 2.23. The number of anilines is 1. The third-order valence-electron chi connectivity index (χ3n) is 4.61. The first-order valence-electron chi connectivity index (χ1n) is 9.55. The highest BCUT2D eigenvalue weighted by molar-refractivity contribution is 6.00. The second kappa shape index (κ2) is 8.21. The minimum Gasteiger partial charge on any atom is -0.449 e. The second-order valence-electron chi connectivity index (χ2n) is 6.94. The number of nitrogens with zero attached hydrogens (tertiary/aromatic N) is 1. The van der Waals surface area contributed by atoms with Crippen LogP contribution in [0, 0.1) is 6.92 Å². The standard InChI is InChI=1S/C24H20N2O4/c1-15-8-7-9-17(14-15)25-22(27)16(2)29-24(28)19-11-4-3-10-18(19)23-26-20-12-5-6-13-21(20)30-23/h3-14,16H,1-2H3,(H,25,27). The lowest BCUT2D eigenvalue weighted by molar-refractivity contribution is -0.123. The molecule has 0 saturated carbocycles. The fraction of sp³-hybridized carbons (Fsp3) is 0.125. The Balaban J connectivity index is 1.53. The van der Waals surface area contributed by atoms with Crippen LogP contribution in [0.1, 0.15) is 22.8 Å². The van der Waals surface area contributed by atoms with Crippen molar-refractivity contribution < 1.29 is 18.7 Å². The predicted molar refractivity (Wildman–Crippen MR) is 114 cm³/mol. The Labute approximate surface area is 173 Å². The molecule has 150 valence electrons. The van der Waals surface area contributed by atoms with E-state index in [2.05, 4.69) is 10.3 Å². The maximum atomic E-state index is 12.8. The molecule has 6 heteroatoms. The Kier molecular flexibility index (Phi) is 5.30. The van der Waals surface area contributed by atoms with Gasteiger partial charge in [0.15, 0.2) is 11.7 Å². The molecular formula is C24H20N2O4. The van der Waals surface area contributed by atoms with Crippen LogP contribution in [0.2, 0.25) is 0 Å². The molecule has 1 atom stereocenters. The zero-order chi connectivity index (χ0) is 21.1. The fourth-order valence-electron chi connectivity index (χ4n) is 3.08. The van der Waals surface area contributed by atoms with E-state index in [1.165, 1.54) is 6.92 Å². The van der Waals surface area contributed by atoms with Crippen molar-refractivity contribution in [1.29, 1.82) is 0 Å². The van der Waals surface area contributed by atoms with Crippen molar-refractivity contribution in [1.82, 2.24) is 4.98 Å². The van der Waals surface area contributed by atoms with Gasteiger partial charge in [0.2, 0.25) is 5.89 Å². The van der Waals surface area contributed by atoms with Crippen LogP contribution < -0.4 is 5.32 Å². The molecular weight excluding hydrogens is 380 g/mol. The molecule has 1 heterocycles. The first-order chi connectivity index (χ1) is 14.5. The van der Waals surface area contributed by atoms with Crippen molar-refractivity contribution in [3.63, 3.8) is 0 Å². The highest BCUT2D eigenvalue weighted by atomic mass is 16.5. The van der Waals surface area contributed by atoms with Gasteiger partial charge >= 0.3 is 5.97 Å². The van der Waals surface area contributed by atoms with E-state index in [0.717, 1.165) is 5.56 Å². The molecule has 6 nitrogen and oxygen atoms in total. The van der Waals surface area contributed by atoms with E-state index in [4.69, 9.17) is 9.15 Å². The van der Waals surface area contributed by atoms with E-state index >= 15 is 0 Å². The third kappa shape index (κ3) is 4.07. The summed E-state index contributed by atoms with van der Waals surface area (Å²) in [6, 6.07) is 21.6. The Hall–Kier alpha value is -3.93. The lowest BCUT2D eigenvalue weighted by atomic mass is 10.1. The number of fused-ring (bicyclic) bond motifs is 1. The first-order valence-corrected chi connectivity index (χ1v) is 9.55. The van der Waals surface area contributed by atoms with Gasteiger partial charge in [0, 0.05) is 5.69 Å². The zero-order valence-corrected chi connectivity index (χ0v) is 16.6. The number of carbonyl (C=O) groups is 2. The summed E-state index contributed by atoms with van der Waals surface area (Å²) in [5, 5.41) is 2.76. The number of rotatable bonds is 5. The van der Waals surface area contributed by atoms with Gasteiger partial charge in [-0.3, -0.25) is 4.79 Å². The normalized spacial score (nSPS) is 11.8. The van der Waals surface area contributed by atoms with Crippen molar-refractivity contribution in [2.45, 2.75) is 20.0 Å². The summed E-state index contributed by atoms with van der Waals surface area (Å²) in [6.45, 7) is 3.47. The predicted octanol–water partition coefficient (Wildman–Crippen LogP) is 4.99. The molecule has 3 aromatic carbocycles. The van der Waals surface area contributed by atoms with Gasteiger partial charge in [-0.05, 0) is 55.8 Å². The summed E-state index contributed by atoms with van der Waals surface area (Å²) in [5.74, 6) is -0.714. The number of para-hydroxylation sites is 2. The molecule has 0 spiro atoms. The van der Waals surface area contributed by atoms with Gasteiger partial charge in [0.05, 0.1) is 11.1 Å². The average Bonchev–Trinajstić information content (AvgIpc) is 3.18. The molecule has 0 aliphatic rings. The van der Waals surface area contributed by atoms with E-state index in [0.29, 0.717) is 28.2 Å². The number of hydrogen-bond donors (Lipinski definition) is 1. The minimum atomic E-state index is -0.977. The first kappa shape index (κ1) is 19.4. The topological polar surface area (TPSA) is 81.4 Å². The quantitative estimate of drug-likeness (QED) is 0.478. The zero-order valence-electron chi connectivity index (χ0n) is 16.6. The van der Waals surface area contributed by atoms with Gasteiger partial charge < -0.3 is 14.5 Å². The smallest absolute Gasteiger partial charge is 0.339 e. The summed E-state index contributed by atoms with van der Waals surface area (Å²) >= 11 is 0. The molecule has 0 aliphatic heterocycles. The molecule has 1 amide bonds. The maximum absolute atomic E-state index is 12.8. The number of carbonyl (C=O) groups excluding carboxylic acids is 2. The number of ether oxygens (including phenoxy) is 1. The largest absolute Gasteiger partial charge is 0.449 e. The summed E-state index contributed by atoms with van der Waals surface area (Å²) in [4.78, 5) is 29.7. The third-order valence-corrected chi connectivity index (χ3v) is 4.61. The molecule has 0 fully saturated rings. The fourth-order valence-corrected chi connectivity index (χ4v) is 3.08. The van der Waals surface area contributed by atoms with Gasteiger partial charge in [-0.2, -0.15) is 0 Å². The average molecular weight is 400 g/mol. The maximum Gasteiger partial charge on any atom is 0.339 e. The van der Waals surface area contributed by atoms with Crippen LogP contribution >= 0.6 is 0 Å². The number of aryl methyl sites for hydroxylation is 1. The van der Waals surface area contributed by atoms with E-state index in [9.17, 15) is 9.59 Å². The van der Waals surface area contributed by atoms with Crippen molar-refractivity contribution in [2.24, 2.45) is 0 Å². The van der Waals surface area contributed by atoms with Crippen LogP contribution in [0.5, 0.6) is 0 Å². The second-order valence-corrected chi connectivity index (χ2v) is 6.94. The van der Waals surface area contributed by atoms with Crippen LogP contribution in [0.3, 0.4) is 0 Å². The SMILES string of the molecule is Cc1cccc(NC(=O)C(C)OC(=O)c2ccccc2-c2nc3ccccc3o2)c1. The summed E-state index contributed by atoms with van der Waals surface area (Å²) in [5.41, 5.74) is 3.77. The van der Waals surface area contributed by atoms with Crippen molar-refractivity contribution in [2.75, 3.05) is 5.32 Å². The molecule has 1 aromatic heterocycles. The number of esters is 1. The van der Waals surface area contributed by atoms with Crippen molar-refractivity contribution in [3.05, 3.63) is 83.9 Å².